The van der Waals surface area contributed by atoms with Crippen LogP contribution in [0.3, 0.4) is 0 Å². The van der Waals surface area contributed by atoms with Crippen LogP contribution in [0.1, 0.15) is 45.1 Å². The van der Waals surface area contributed by atoms with Gasteiger partial charge >= 0.3 is 0 Å². The molecule has 20 heavy (non-hydrogen) atoms. The molecular formula is C17H25Cl2N. The lowest BCUT2D eigenvalue weighted by Crippen LogP contribution is -2.35. The molecule has 2 rings (SSSR count). The lowest BCUT2D eigenvalue weighted by atomic mass is 9.76. The van der Waals surface area contributed by atoms with E-state index < -0.39 is 0 Å². The molecular weight excluding hydrogens is 289 g/mol. The van der Waals surface area contributed by atoms with Gasteiger partial charge in [0.25, 0.3) is 0 Å². The lowest BCUT2D eigenvalue weighted by Gasteiger charge is -2.32. The average molecular weight is 314 g/mol. The summed E-state index contributed by atoms with van der Waals surface area (Å²) in [5.74, 6) is 1.49. The number of hydrogen-bond acceptors (Lipinski definition) is 1. The minimum atomic E-state index is 0.562. The molecule has 2 unspecified atom stereocenters. The van der Waals surface area contributed by atoms with E-state index in [4.69, 9.17) is 23.2 Å². The summed E-state index contributed by atoms with van der Waals surface area (Å²) >= 11 is 12.4. The third-order valence-electron chi connectivity index (χ3n) is 4.34. The summed E-state index contributed by atoms with van der Waals surface area (Å²) in [5.41, 5.74) is 1.21. The van der Waals surface area contributed by atoms with Crippen molar-refractivity contribution < 1.29 is 0 Å². The van der Waals surface area contributed by atoms with Gasteiger partial charge in [-0.25, -0.2) is 0 Å². The van der Waals surface area contributed by atoms with Gasteiger partial charge < -0.3 is 5.32 Å². The zero-order valence-electron chi connectivity index (χ0n) is 12.5. The van der Waals surface area contributed by atoms with E-state index in [1.807, 2.05) is 18.2 Å². The molecule has 112 valence electrons. The topological polar surface area (TPSA) is 12.0 Å². The van der Waals surface area contributed by atoms with E-state index >= 15 is 0 Å². The lowest BCUT2D eigenvalue weighted by molar-refractivity contribution is 0.224. The van der Waals surface area contributed by atoms with E-state index in [0.29, 0.717) is 6.04 Å². The molecule has 0 radical (unpaired) electrons. The standard InChI is InChI=1S/C17H25Cl2N/c1-12(2)20-11-14-6-4-3-5-13(14)9-15-10-16(18)7-8-17(15)19/h7-8,10,12-14,20H,3-6,9,11H2,1-2H3. The zero-order valence-corrected chi connectivity index (χ0v) is 14.0. The van der Waals surface area contributed by atoms with E-state index in [1.165, 1.54) is 31.2 Å². The van der Waals surface area contributed by atoms with Gasteiger partial charge in [0.2, 0.25) is 0 Å². The van der Waals surface area contributed by atoms with Crippen LogP contribution >= 0.6 is 23.2 Å². The molecule has 0 heterocycles. The van der Waals surface area contributed by atoms with Crippen LogP contribution in [0, 0.1) is 11.8 Å². The van der Waals surface area contributed by atoms with E-state index in [1.54, 1.807) is 0 Å². The molecule has 1 aliphatic carbocycles. The van der Waals surface area contributed by atoms with Crippen molar-refractivity contribution in [3.05, 3.63) is 33.8 Å². The minimum Gasteiger partial charge on any atom is -0.314 e. The maximum absolute atomic E-state index is 6.32. The van der Waals surface area contributed by atoms with Crippen molar-refractivity contribution in [2.75, 3.05) is 6.54 Å². The Morgan fingerprint density at radius 2 is 1.85 bits per heavy atom. The van der Waals surface area contributed by atoms with Crippen LogP contribution in [0.2, 0.25) is 10.0 Å². The third kappa shape index (κ3) is 4.65. The predicted molar refractivity (Wildman–Crippen MR) is 88.8 cm³/mol. The number of halogens is 2. The van der Waals surface area contributed by atoms with Gasteiger partial charge in [-0.3, -0.25) is 0 Å². The molecule has 1 fully saturated rings. The van der Waals surface area contributed by atoms with E-state index in [9.17, 15) is 0 Å². The molecule has 3 heteroatoms. The first-order valence-corrected chi connectivity index (χ1v) is 8.49. The Labute approximate surface area is 133 Å². The SMILES string of the molecule is CC(C)NCC1CCCCC1Cc1cc(Cl)ccc1Cl. The van der Waals surface area contributed by atoms with Gasteiger partial charge in [0.15, 0.2) is 0 Å². The molecule has 1 aliphatic rings. The number of nitrogens with one attached hydrogen (secondary N) is 1. The van der Waals surface area contributed by atoms with Crippen molar-refractivity contribution in [2.45, 2.75) is 52.0 Å². The highest BCUT2D eigenvalue weighted by Crippen LogP contribution is 2.34. The van der Waals surface area contributed by atoms with Gasteiger partial charge in [-0.2, -0.15) is 0 Å². The molecule has 0 spiro atoms. The smallest absolute Gasteiger partial charge is 0.0439 e. The van der Waals surface area contributed by atoms with Crippen LogP contribution < -0.4 is 5.32 Å². The monoisotopic (exact) mass is 313 g/mol. The number of benzene rings is 1. The van der Waals surface area contributed by atoms with Gasteiger partial charge in [0.1, 0.15) is 0 Å². The van der Waals surface area contributed by atoms with Crippen molar-refractivity contribution in [1.82, 2.24) is 5.32 Å². The van der Waals surface area contributed by atoms with E-state index in [2.05, 4.69) is 19.2 Å². The van der Waals surface area contributed by atoms with Crippen molar-refractivity contribution in [2.24, 2.45) is 11.8 Å². The van der Waals surface area contributed by atoms with Crippen molar-refractivity contribution >= 4 is 23.2 Å². The normalized spacial score (nSPS) is 23.2. The van der Waals surface area contributed by atoms with Crippen LogP contribution in [0.15, 0.2) is 18.2 Å². The Morgan fingerprint density at radius 1 is 1.15 bits per heavy atom. The number of rotatable bonds is 5. The Balaban J connectivity index is 2.02. The minimum absolute atomic E-state index is 0.562. The molecule has 1 saturated carbocycles. The Bertz CT molecular complexity index is 431. The summed E-state index contributed by atoms with van der Waals surface area (Å²) in [7, 11) is 0. The summed E-state index contributed by atoms with van der Waals surface area (Å²) in [6.07, 6.45) is 6.42. The first-order chi connectivity index (χ1) is 9.56. The fraction of sp³-hybridized carbons (Fsp3) is 0.647. The van der Waals surface area contributed by atoms with Crippen LogP contribution in [-0.4, -0.2) is 12.6 Å². The van der Waals surface area contributed by atoms with Crippen molar-refractivity contribution in [3.63, 3.8) is 0 Å². The fourth-order valence-corrected chi connectivity index (χ4v) is 3.58. The van der Waals surface area contributed by atoms with Gasteiger partial charge in [-0.05, 0) is 61.4 Å². The predicted octanol–water partition coefficient (Wildman–Crippen LogP) is 5.34. The molecule has 1 aromatic carbocycles. The average Bonchev–Trinajstić information content (AvgIpc) is 2.42. The second-order valence-electron chi connectivity index (χ2n) is 6.31. The largest absolute Gasteiger partial charge is 0.314 e. The van der Waals surface area contributed by atoms with Crippen molar-refractivity contribution in [3.8, 4) is 0 Å². The maximum atomic E-state index is 6.32. The quantitative estimate of drug-likeness (QED) is 0.773. The van der Waals surface area contributed by atoms with Gasteiger partial charge in [-0.15, -0.1) is 0 Å². The first-order valence-electron chi connectivity index (χ1n) is 7.73. The highest BCUT2D eigenvalue weighted by atomic mass is 35.5. The third-order valence-corrected chi connectivity index (χ3v) is 4.95. The molecule has 1 N–H and O–H groups in total. The first kappa shape index (κ1) is 16.1. The molecule has 0 bridgehead atoms. The molecule has 1 nitrogen and oxygen atoms in total. The summed E-state index contributed by atoms with van der Waals surface area (Å²) < 4.78 is 0. The molecule has 0 saturated heterocycles. The highest BCUT2D eigenvalue weighted by Gasteiger charge is 2.25. The zero-order chi connectivity index (χ0) is 14.5. The summed E-state index contributed by atoms with van der Waals surface area (Å²) in [6.45, 7) is 5.55. The summed E-state index contributed by atoms with van der Waals surface area (Å²) in [6, 6.07) is 6.38. The van der Waals surface area contributed by atoms with Gasteiger partial charge in [0, 0.05) is 16.1 Å². The molecule has 0 amide bonds. The fourth-order valence-electron chi connectivity index (χ4n) is 3.19. The summed E-state index contributed by atoms with van der Waals surface area (Å²) in [4.78, 5) is 0. The van der Waals surface area contributed by atoms with E-state index in [-0.39, 0.29) is 0 Å². The maximum Gasteiger partial charge on any atom is 0.0439 e. The van der Waals surface area contributed by atoms with Gasteiger partial charge in [0.05, 0.1) is 0 Å². The van der Waals surface area contributed by atoms with Crippen LogP contribution in [0.25, 0.3) is 0 Å². The summed E-state index contributed by atoms with van der Waals surface area (Å²) in [5, 5.41) is 5.24. The van der Waals surface area contributed by atoms with Crippen molar-refractivity contribution in [1.29, 1.82) is 0 Å². The second kappa shape index (κ2) is 7.68. The Hall–Kier alpha value is -0.240. The molecule has 0 aliphatic heterocycles. The number of hydrogen-bond donors (Lipinski definition) is 1. The second-order valence-corrected chi connectivity index (χ2v) is 7.15. The molecule has 0 aromatic heterocycles. The highest BCUT2D eigenvalue weighted by molar-refractivity contribution is 6.33. The van der Waals surface area contributed by atoms with Gasteiger partial charge in [-0.1, -0.05) is 49.9 Å². The Morgan fingerprint density at radius 3 is 2.55 bits per heavy atom. The van der Waals surface area contributed by atoms with Crippen LogP contribution in [0.4, 0.5) is 0 Å². The van der Waals surface area contributed by atoms with Crippen LogP contribution in [0.5, 0.6) is 0 Å². The van der Waals surface area contributed by atoms with Crippen LogP contribution in [-0.2, 0) is 6.42 Å². The van der Waals surface area contributed by atoms with E-state index in [0.717, 1.165) is 34.8 Å². The molecule has 1 aromatic rings. The Kier molecular flexibility index (Phi) is 6.20. The molecule has 2 atom stereocenters.